The number of carbonyl (C=O) groups is 1. The molecule has 0 spiro atoms. The Bertz CT molecular complexity index is 1140. The summed E-state index contributed by atoms with van der Waals surface area (Å²) in [6, 6.07) is 18.3. The van der Waals surface area contributed by atoms with E-state index in [1.54, 1.807) is 36.4 Å². The molecular formula is C21H18ClFN2O3S. The third-order valence-corrected chi connectivity index (χ3v) is 5.94. The van der Waals surface area contributed by atoms with Crippen molar-refractivity contribution in [3.63, 3.8) is 0 Å². The van der Waals surface area contributed by atoms with Crippen LogP contribution in [0.1, 0.15) is 15.9 Å². The summed E-state index contributed by atoms with van der Waals surface area (Å²) in [5.41, 5.74) is 0.667. The Morgan fingerprint density at radius 1 is 1.03 bits per heavy atom. The summed E-state index contributed by atoms with van der Waals surface area (Å²) in [5.74, 6) is -0.873. The lowest BCUT2D eigenvalue weighted by Gasteiger charge is -2.19. The van der Waals surface area contributed by atoms with Gasteiger partial charge in [-0.1, -0.05) is 48.0 Å². The molecule has 0 saturated carbocycles. The van der Waals surface area contributed by atoms with Crippen molar-refractivity contribution in [2.75, 3.05) is 11.8 Å². The van der Waals surface area contributed by atoms with Crippen LogP contribution in [-0.2, 0) is 16.6 Å². The zero-order valence-corrected chi connectivity index (χ0v) is 17.0. The Labute approximate surface area is 173 Å². The van der Waals surface area contributed by atoms with Crippen molar-refractivity contribution in [1.29, 1.82) is 0 Å². The maximum atomic E-state index is 13.9. The SMILES string of the molecule is CN(Cc1ccccc1F)C(=O)c1cc(NS(=O)(=O)c2ccccc2)ccc1Cl. The molecule has 0 aromatic heterocycles. The van der Waals surface area contributed by atoms with E-state index in [1.165, 1.54) is 48.3 Å². The number of nitrogens with zero attached hydrogens (tertiary/aromatic N) is 1. The summed E-state index contributed by atoms with van der Waals surface area (Å²) in [6.07, 6.45) is 0. The quantitative estimate of drug-likeness (QED) is 0.621. The molecule has 0 aliphatic carbocycles. The number of nitrogens with one attached hydrogen (secondary N) is 1. The summed E-state index contributed by atoms with van der Waals surface area (Å²) < 4.78 is 41.3. The van der Waals surface area contributed by atoms with Crippen LogP contribution in [0.4, 0.5) is 10.1 Å². The summed E-state index contributed by atoms with van der Waals surface area (Å²) in [4.78, 5) is 14.2. The monoisotopic (exact) mass is 432 g/mol. The van der Waals surface area contributed by atoms with Gasteiger partial charge in [0, 0.05) is 24.8 Å². The van der Waals surface area contributed by atoms with Gasteiger partial charge in [0.15, 0.2) is 0 Å². The van der Waals surface area contributed by atoms with Crippen molar-refractivity contribution in [3.05, 3.63) is 94.8 Å². The smallest absolute Gasteiger partial charge is 0.261 e. The molecule has 0 saturated heterocycles. The maximum absolute atomic E-state index is 13.9. The van der Waals surface area contributed by atoms with Crippen LogP contribution in [0, 0.1) is 5.82 Å². The zero-order valence-electron chi connectivity index (χ0n) is 15.5. The molecule has 0 radical (unpaired) electrons. The van der Waals surface area contributed by atoms with Crippen LogP contribution >= 0.6 is 11.6 Å². The fraction of sp³-hybridized carbons (Fsp3) is 0.0952. The second kappa shape index (κ2) is 8.63. The highest BCUT2D eigenvalue weighted by Gasteiger charge is 2.19. The van der Waals surface area contributed by atoms with Crippen molar-refractivity contribution in [2.45, 2.75) is 11.4 Å². The van der Waals surface area contributed by atoms with Gasteiger partial charge in [0.25, 0.3) is 15.9 Å². The number of hydrogen-bond acceptors (Lipinski definition) is 3. The molecule has 3 rings (SSSR count). The number of amides is 1. The number of carbonyl (C=O) groups excluding carboxylic acids is 1. The van der Waals surface area contributed by atoms with Crippen LogP contribution in [0.25, 0.3) is 0 Å². The highest BCUT2D eigenvalue weighted by atomic mass is 35.5. The maximum Gasteiger partial charge on any atom is 0.261 e. The number of anilines is 1. The summed E-state index contributed by atoms with van der Waals surface area (Å²) in [6.45, 7) is 0.0435. The highest BCUT2D eigenvalue weighted by Crippen LogP contribution is 2.24. The van der Waals surface area contributed by atoms with Crippen molar-refractivity contribution >= 4 is 33.2 Å². The molecule has 0 aliphatic rings. The van der Waals surface area contributed by atoms with Crippen molar-refractivity contribution in [1.82, 2.24) is 4.90 Å². The number of sulfonamides is 1. The standard InChI is InChI=1S/C21H18ClFN2O3S/c1-25(14-15-7-5-6-10-20(15)23)21(26)18-13-16(11-12-19(18)22)24-29(27,28)17-8-3-2-4-9-17/h2-13,24H,14H2,1H3. The van der Waals surface area contributed by atoms with Gasteiger partial charge in [-0.25, -0.2) is 12.8 Å². The van der Waals surface area contributed by atoms with Gasteiger partial charge in [0.2, 0.25) is 0 Å². The second-order valence-corrected chi connectivity index (χ2v) is 8.46. The van der Waals surface area contributed by atoms with Gasteiger partial charge in [0.05, 0.1) is 15.5 Å². The van der Waals surface area contributed by atoms with E-state index in [1.807, 2.05) is 0 Å². The molecule has 29 heavy (non-hydrogen) atoms. The first kappa shape index (κ1) is 20.8. The number of rotatable bonds is 6. The molecule has 3 aromatic rings. The van der Waals surface area contributed by atoms with E-state index in [-0.39, 0.29) is 27.7 Å². The predicted octanol–water partition coefficient (Wildman–Crippen LogP) is 4.55. The Morgan fingerprint density at radius 2 is 1.69 bits per heavy atom. The molecule has 1 N–H and O–H groups in total. The van der Waals surface area contributed by atoms with E-state index in [9.17, 15) is 17.6 Å². The highest BCUT2D eigenvalue weighted by molar-refractivity contribution is 7.92. The number of benzene rings is 3. The van der Waals surface area contributed by atoms with E-state index in [2.05, 4.69) is 4.72 Å². The van der Waals surface area contributed by atoms with Gasteiger partial charge in [-0.2, -0.15) is 0 Å². The molecule has 5 nitrogen and oxygen atoms in total. The largest absolute Gasteiger partial charge is 0.337 e. The number of hydrogen-bond donors (Lipinski definition) is 1. The van der Waals surface area contributed by atoms with Gasteiger partial charge < -0.3 is 4.90 Å². The third kappa shape index (κ3) is 4.93. The third-order valence-electron chi connectivity index (χ3n) is 4.21. The average Bonchev–Trinajstić information content (AvgIpc) is 2.71. The number of halogens is 2. The van der Waals surface area contributed by atoms with Crippen molar-refractivity contribution in [2.24, 2.45) is 0 Å². The summed E-state index contributed by atoms with van der Waals surface area (Å²) in [7, 11) is -2.29. The Balaban J connectivity index is 1.83. The minimum Gasteiger partial charge on any atom is -0.337 e. The predicted molar refractivity (Wildman–Crippen MR) is 111 cm³/mol. The first-order valence-corrected chi connectivity index (χ1v) is 10.5. The molecule has 150 valence electrons. The molecule has 3 aromatic carbocycles. The van der Waals surface area contributed by atoms with Crippen LogP contribution in [0.3, 0.4) is 0 Å². The lowest BCUT2D eigenvalue weighted by atomic mass is 10.1. The Hall–Kier alpha value is -2.90. The Morgan fingerprint density at radius 3 is 2.38 bits per heavy atom. The first-order valence-electron chi connectivity index (χ1n) is 8.64. The fourth-order valence-corrected chi connectivity index (χ4v) is 3.99. The van der Waals surface area contributed by atoms with Crippen LogP contribution in [0.15, 0.2) is 77.7 Å². The van der Waals surface area contributed by atoms with Gasteiger partial charge in [-0.15, -0.1) is 0 Å². The van der Waals surface area contributed by atoms with Gasteiger partial charge in [0.1, 0.15) is 5.82 Å². The molecule has 0 bridgehead atoms. The molecular weight excluding hydrogens is 415 g/mol. The van der Waals surface area contributed by atoms with E-state index in [0.717, 1.165) is 0 Å². The van der Waals surface area contributed by atoms with Crippen molar-refractivity contribution in [3.8, 4) is 0 Å². The van der Waals surface area contributed by atoms with E-state index >= 15 is 0 Å². The minimum absolute atomic E-state index is 0.0435. The van der Waals surface area contributed by atoms with Crippen LogP contribution in [0.2, 0.25) is 5.02 Å². The van der Waals surface area contributed by atoms with Crippen LogP contribution in [0.5, 0.6) is 0 Å². The lowest BCUT2D eigenvalue weighted by Crippen LogP contribution is -2.27. The average molecular weight is 433 g/mol. The minimum atomic E-state index is -3.81. The zero-order chi connectivity index (χ0) is 21.0. The van der Waals surface area contributed by atoms with E-state index < -0.39 is 21.7 Å². The molecule has 0 fully saturated rings. The summed E-state index contributed by atoms with van der Waals surface area (Å²) in [5, 5.41) is 0.165. The topological polar surface area (TPSA) is 66.5 Å². The molecule has 1 amide bonds. The van der Waals surface area contributed by atoms with Gasteiger partial charge in [-0.05, 0) is 36.4 Å². The fourth-order valence-electron chi connectivity index (χ4n) is 2.73. The second-order valence-electron chi connectivity index (χ2n) is 6.37. The Kier molecular flexibility index (Phi) is 6.20. The molecule has 0 heterocycles. The van der Waals surface area contributed by atoms with Gasteiger partial charge in [-0.3, -0.25) is 9.52 Å². The first-order chi connectivity index (χ1) is 13.8. The van der Waals surface area contributed by atoms with Crippen molar-refractivity contribution < 1.29 is 17.6 Å². The van der Waals surface area contributed by atoms with Crippen LogP contribution in [-0.4, -0.2) is 26.3 Å². The lowest BCUT2D eigenvalue weighted by molar-refractivity contribution is 0.0784. The molecule has 0 unspecified atom stereocenters. The van der Waals surface area contributed by atoms with Crippen LogP contribution < -0.4 is 4.72 Å². The van der Waals surface area contributed by atoms with E-state index in [4.69, 9.17) is 11.6 Å². The molecule has 0 atom stereocenters. The van der Waals surface area contributed by atoms with Gasteiger partial charge >= 0.3 is 0 Å². The van der Waals surface area contributed by atoms with E-state index in [0.29, 0.717) is 5.56 Å². The molecule has 0 aliphatic heterocycles. The normalized spacial score (nSPS) is 11.1. The molecule has 8 heteroatoms. The summed E-state index contributed by atoms with van der Waals surface area (Å²) >= 11 is 6.16.